The number of carbonyl (C=O) groups is 2. The van der Waals surface area contributed by atoms with Crippen molar-refractivity contribution in [2.24, 2.45) is 0 Å². The third-order valence-electron chi connectivity index (χ3n) is 2.49. The first-order valence-electron chi connectivity index (χ1n) is 5.56. The zero-order valence-corrected chi connectivity index (χ0v) is 11.3. The van der Waals surface area contributed by atoms with E-state index in [2.05, 4.69) is 0 Å². The summed E-state index contributed by atoms with van der Waals surface area (Å²) in [5.74, 6) is -1.98. The van der Waals surface area contributed by atoms with Gasteiger partial charge < -0.3 is 10.0 Å². The number of likely N-dealkylation sites (N-methyl/N-ethyl adjacent to an activating group) is 1. The molecule has 1 aromatic carbocycles. The van der Waals surface area contributed by atoms with Gasteiger partial charge in [-0.05, 0) is 12.1 Å². The van der Waals surface area contributed by atoms with Gasteiger partial charge in [-0.15, -0.1) is 0 Å². The maximum absolute atomic E-state index is 11.9. The van der Waals surface area contributed by atoms with Crippen molar-refractivity contribution in [3.05, 3.63) is 30.3 Å². The lowest BCUT2D eigenvalue weighted by Gasteiger charge is -2.14. The van der Waals surface area contributed by atoms with Gasteiger partial charge in [-0.3, -0.25) is 9.59 Å². The van der Waals surface area contributed by atoms with Crippen LogP contribution in [0.2, 0.25) is 0 Å². The molecule has 0 radical (unpaired) electrons. The predicted octanol–water partition coefficient (Wildman–Crippen LogP) is 0.393. The Balaban J connectivity index is 2.62. The minimum atomic E-state index is -3.51. The van der Waals surface area contributed by atoms with Crippen LogP contribution in [0.25, 0.3) is 0 Å². The van der Waals surface area contributed by atoms with E-state index in [9.17, 15) is 18.0 Å². The number of amides is 1. The average molecular weight is 285 g/mol. The smallest absolute Gasteiger partial charge is 0.323 e. The van der Waals surface area contributed by atoms with Gasteiger partial charge >= 0.3 is 5.97 Å². The number of nitrogens with zero attached hydrogens (tertiary/aromatic N) is 1. The van der Waals surface area contributed by atoms with Gasteiger partial charge in [0.15, 0.2) is 9.84 Å². The molecule has 0 saturated heterocycles. The molecule has 104 valence electrons. The van der Waals surface area contributed by atoms with E-state index in [-0.39, 0.29) is 17.1 Å². The molecule has 1 amide bonds. The summed E-state index contributed by atoms with van der Waals surface area (Å²) in [6.07, 6.45) is -0.235. The number of sulfone groups is 1. The highest BCUT2D eigenvalue weighted by Crippen LogP contribution is 2.11. The highest BCUT2D eigenvalue weighted by Gasteiger charge is 2.18. The number of carboxylic acids is 1. The Morgan fingerprint density at radius 3 is 2.32 bits per heavy atom. The van der Waals surface area contributed by atoms with E-state index in [1.807, 2.05) is 0 Å². The average Bonchev–Trinajstić information content (AvgIpc) is 2.36. The molecule has 6 nitrogen and oxygen atoms in total. The first-order chi connectivity index (χ1) is 8.83. The van der Waals surface area contributed by atoms with Crippen LogP contribution in [-0.4, -0.2) is 49.6 Å². The van der Waals surface area contributed by atoms with E-state index in [4.69, 9.17) is 5.11 Å². The molecule has 0 aliphatic heterocycles. The summed E-state index contributed by atoms with van der Waals surface area (Å²) < 4.78 is 23.8. The Kier molecular flexibility index (Phi) is 5.05. The molecule has 7 heteroatoms. The largest absolute Gasteiger partial charge is 0.480 e. The van der Waals surface area contributed by atoms with E-state index < -0.39 is 28.3 Å². The van der Waals surface area contributed by atoms with Crippen molar-refractivity contribution >= 4 is 21.7 Å². The summed E-state index contributed by atoms with van der Waals surface area (Å²) >= 11 is 0. The van der Waals surface area contributed by atoms with E-state index >= 15 is 0 Å². The van der Waals surface area contributed by atoms with Crippen LogP contribution in [0.5, 0.6) is 0 Å². The zero-order valence-electron chi connectivity index (χ0n) is 10.4. The number of hydrogen-bond donors (Lipinski definition) is 1. The van der Waals surface area contributed by atoms with Crippen molar-refractivity contribution in [3.8, 4) is 0 Å². The number of carboxylic acid groups (broad SMARTS) is 1. The normalized spacial score (nSPS) is 11.0. The maximum atomic E-state index is 11.9. The fourth-order valence-corrected chi connectivity index (χ4v) is 2.70. The van der Waals surface area contributed by atoms with Crippen molar-refractivity contribution in [3.63, 3.8) is 0 Å². The van der Waals surface area contributed by atoms with E-state index in [0.717, 1.165) is 4.90 Å². The van der Waals surface area contributed by atoms with E-state index in [1.54, 1.807) is 18.2 Å². The quantitative estimate of drug-likeness (QED) is 0.816. The van der Waals surface area contributed by atoms with E-state index in [1.165, 1.54) is 19.2 Å². The lowest BCUT2D eigenvalue weighted by atomic mass is 10.4. The molecule has 0 fully saturated rings. The Bertz CT molecular complexity index is 553. The molecule has 1 rings (SSSR count). The molecular weight excluding hydrogens is 270 g/mol. The molecule has 0 bridgehead atoms. The topological polar surface area (TPSA) is 91.8 Å². The molecular formula is C12H15NO5S. The van der Waals surface area contributed by atoms with Crippen LogP contribution in [-0.2, 0) is 19.4 Å². The summed E-state index contributed by atoms with van der Waals surface area (Å²) in [5.41, 5.74) is 0. The highest BCUT2D eigenvalue weighted by atomic mass is 32.2. The first kappa shape index (κ1) is 15.2. The Hall–Kier alpha value is -1.89. The zero-order chi connectivity index (χ0) is 14.5. The van der Waals surface area contributed by atoms with Crippen LogP contribution in [0.15, 0.2) is 35.2 Å². The number of carbonyl (C=O) groups excluding carboxylic acids is 1. The first-order valence-corrected chi connectivity index (χ1v) is 7.22. The maximum Gasteiger partial charge on any atom is 0.323 e. The van der Waals surface area contributed by atoms with Gasteiger partial charge in [-0.25, -0.2) is 8.42 Å². The molecule has 0 unspecified atom stereocenters. The minimum Gasteiger partial charge on any atom is -0.480 e. The lowest BCUT2D eigenvalue weighted by molar-refractivity contribution is -0.143. The molecule has 0 aromatic heterocycles. The monoisotopic (exact) mass is 285 g/mol. The molecule has 1 N–H and O–H groups in total. The van der Waals surface area contributed by atoms with Gasteiger partial charge in [-0.2, -0.15) is 0 Å². The number of rotatable bonds is 6. The third-order valence-corrected chi connectivity index (χ3v) is 4.22. The minimum absolute atomic E-state index is 0.156. The van der Waals surface area contributed by atoms with Crippen LogP contribution in [0.3, 0.4) is 0 Å². The molecule has 0 aliphatic rings. The van der Waals surface area contributed by atoms with Gasteiger partial charge in [0.25, 0.3) is 0 Å². The molecule has 0 heterocycles. The Morgan fingerprint density at radius 1 is 1.21 bits per heavy atom. The van der Waals surface area contributed by atoms with Gasteiger partial charge in [0.05, 0.1) is 10.6 Å². The van der Waals surface area contributed by atoms with Crippen molar-refractivity contribution in [2.75, 3.05) is 19.3 Å². The van der Waals surface area contributed by atoms with Crippen LogP contribution in [0.4, 0.5) is 0 Å². The Labute approximate surface area is 111 Å². The molecule has 0 spiro atoms. The highest BCUT2D eigenvalue weighted by molar-refractivity contribution is 7.91. The summed E-state index contributed by atoms with van der Waals surface area (Å²) in [5, 5.41) is 8.53. The SMILES string of the molecule is CN(CC(=O)O)C(=O)CCS(=O)(=O)c1ccccc1. The van der Waals surface area contributed by atoms with E-state index in [0.29, 0.717) is 0 Å². The molecule has 0 saturated carbocycles. The Morgan fingerprint density at radius 2 is 1.79 bits per heavy atom. The number of aliphatic carboxylic acids is 1. The van der Waals surface area contributed by atoms with Crippen molar-refractivity contribution in [2.45, 2.75) is 11.3 Å². The number of benzene rings is 1. The fraction of sp³-hybridized carbons (Fsp3) is 0.333. The standard InChI is InChI=1S/C12H15NO5S/c1-13(9-12(15)16)11(14)7-8-19(17,18)10-5-3-2-4-6-10/h2-6H,7-9H2,1H3,(H,15,16). The summed E-state index contributed by atoms with van der Waals surface area (Å²) in [6.45, 7) is -0.440. The molecule has 1 aromatic rings. The van der Waals surface area contributed by atoms with Crippen molar-refractivity contribution < 1.29 is 23.1 Å². The molecule has 0 atom stereocenters. The van der Waals surface area contributed by atoms with Gasteiger partial charge in [0.2, 0.25) is 5.91 Å². The van der Waals surface area contributed by atoms with Crippen LogP contribution < -0.4 is 0 Å². The second-order valence-corrected chi connectivity index (χ2v) is 6.13. The second kappa shape index (κ2) is 6.33. The number of hydrogen-bond acceptors (Lipinski definition) is 4. The third kappa shape index (κ3) is 4.70. The van der Waals surface area contributed by atoms with Gasteiger partial charge in [0, 0.05) is 13.5 Å². The molecule has 0 aliphatic carbocycles. The molecule has 19 heavy (non-hydrogen) atoms. The van der Waals surface area contributed by atoms with Crippen molar-refractivity contribution in [1.29, 1.82) is 0 Å². The lowest BCUT2D eigenvalue weighted by Crippen LogP contribution is -2.33. The summed E-state index contributed by atoms with van der Waals surface area (Å²) in [6, 6.07) is 7.82. The second-order valence-electron chi connectivity index (χ2n) is 4.03. The van der Waals surface area contributed by atoms with Crippen LogP contribution in [0.1, 0.15) is 6.42 Å². The van der Waals surface area contributed by atoms with Crippen LogP contribution in [0, 0.1) is 0 Å². The predicted molar refractivity (Wildman–Crippen MR) is 68.4 cm³/mol. The van der Waals surface area contributed by atoms with Gasteiger partial charge in [-0.1, -0.05) is 18.2 Å². The van der Waals surface area contributed by atoms with Gasteiger partial charge in [0.1, 0.15) is 6.54 Å². The summed E-state index contributed by atoms with van der Waals surface area (Å²) in [4.78, 5) is 23.1. The fourth-order valence-electron chi connectivity index (χ4n) is 1.45. The van der Waals surface area contributed by atoms with Crippen molar-refractivity contribution in [1.82, 2.24) is 4.90 Å². The summed E-state index contributed by atoms with van der Waals surface area (Å²) in [7, 11) is -2.19. The van der Waals surface area contributed by atoms with Crippen LogP contribution >= 0.6 is 0 Å².